The van der Waals surface area contributed by atoms with Gasteiger partial charge in [-0.25, -0.2) is 9.78 Å². The molecule has 0 aliphatic heterocycles. The molecule has 2 aromatic rings. The molecule has 1 heterocycles. The molecule has 0 aliphatic carbocycles. The molecule has 0 bridgehead atoms. The number of alkyl halides is 3. The number of rotatable bonds is 6. The summed E-state index contributed by atoms with van der Waals surface area (Å²) in [7, 11) is 0. The smallest absolute Gasteiger partial charge is 0.431 e. The number of thiazole rings is 1. The Morgan fingerprint density at radius 2 is 1.92 bits per heavy atom. The molecule has 0 atom stereocenters. The van der Waals surface area contributed by atoms with Gasteiger partial charge in [-0.05, 0) is 6.92 Å². The number of benzene rings is 1. The zero-order chi connectivity index (χ0) is 18.6. The second kappa shape index (κ2) is 7.43. The molecular formula is C15H12F3N3O3S. The molecule has 2 N–H and O–H groups in total. The SMILES string of the molecule is Cc1ccc(C(=O)C/C(=N\Nc2nc(C(=O)O)cs2)C(F)(F)F)cc1. The highest BCUT2D eigenvalue weighted by Gasteiger charge is 2.37. The first kappa shape index (κ1) is 18.6. The molecule has 0 radical (unpaired) electrons. The van der Waals surface area contributed by atoms with Crippen LogP contribution >= 0.6 is 11.3 Å². The quantitative estimate of drug-likeness (QED) is 0.458. The Morgan fingerprint density at radius 1 is 1.28 bits per heavy atom. The highest BCUT2D eigenvalue weighted by Crippen LogP contribution is 2.22. The highest BCUT2D eigenvalue weighted by atomic mass is 32.1. The third-order valence-corrected chi connectivity index (χ3v) is 3.79. The topological polar surface area (TPSA) is 91.7 Å². The summed E-state index contributed by atoms with van der Waals surface area (Å²) < 4.78 is 39.2. The van der Waals surface area contributed by atoms with E-state index in [1.54, 1.807) is 19.1 Å². The van der Waals surface area contributed by atoms with Crippen molar-refractivity contribution >= 4 is 33.9 Å². The van der Waals surface area contributed by atoms with Gasteiger partial charge in [0.05, 0.1) is 6.42 Å². The van der Waals surface area contributed by atoms with Crippen LogP contribution in [0.25, 0.3) is 0 Å². The minimum absolute atomic E-state index is 0.123. The van der Waals surface area contributed by atoms with Crippen molar-refractivity contribution in [2.75, 3.05) is 5.43 Å². The highest BCUT2D eigenvalue weighted by molar-refractivity contribution is 7.13. The van der Waals surface area contributed by atoms with Crippen molar-refractivity contribution in [2.45, 2.75) is 19.5 Å². The standard InChI is InChI=1S/C15H12F3N3O3S/c1-8-2-4-9(5-3-8)11(22)6-12(15(16,17)18)20-21-14-19-10(7-25-14)13(23)24/h2-5,7H,6H2,1H3,(H,19,21)(H,23,24)/b20-12+. The first-order valence-corrected chi connectivity index (χ1v) is 7.73. The summed E-state index contributed by atoms with van der Waals surface area (Å²) in [5.74, 6) is -2.04. The molecule has 10 heteroatoms. The summed E-state index contributed by atoms with van der Waals surface area (Å²) >= 11 is 0.785. The van der Waals surface area contributed by atoms with E-state index in [4.69, 9.17) is 5.11 Å². The normalized spacial score (nSPS) is 12.1. The van der Waals surface area contributed by atoms with Crippen molar-refractivity contribution in [1.29, 1.82) is 0 Å². The van der Waals surface area contributed by atoms with Crippen molar-refractivity contribution in [3.8, 4) is 0 Å². The van der Waals surface area contributed by atoms with Crippen LogP contribution in [0.3, 0.4) is 0 Å². The molecule has 0 saturated heterocycles. The van der Waals surface area contributed by atoms with Crippen molar-refractivity contribution < 1.29 is 27.9 Å². The number of hydrogen-bond acceptors (Lipinski definition) is 6. The number of hydrogen-bond donors (Lipinski definition) is 2. The minimum Gasteiger partial charge on any atom is -0.476 e. The fourth-order valence-corrected chi connectivity index (χ4v) is 2.36. The Labute approximate surface area is 144 Å². The van der Waals surface area contributed by atoms with Gasteiger partial charge in [-0.3, -0.25) is 10.2 Å². The number of carbonyl (C=O) groups excluding carboxylic acids is 1. The number of hydrazone groups is 1. The number of ketones is 1. The number of carboxylic acid groups (broad SMARTS) is 1. The molecule has 1 aromatic heterocycles. The van der Waals surface area contributed by atoms with E-state index in [1.807, 2.05) is 0 Å². The fourth-order valence-electron chi connectivity index (χ4n) is 1.74. The van der Waals surface area contributed by atoms with Gasteiger partial charge >= 0.3 is 12.1 Å². The van der Waals surface area contributed by atoms with Gasteiger partial charge in [0.25, 0.3) is 0 Å². The van der Waals surface area contributed by atoms with Crippen molar-refractivity contribution in [3.05, 3.63) is 46.5 Å². The lowest BCUT2D eigenvalue weighted by Crippen LogP contribution is -2.27. The van der Waals surface area contributed by atoms with Gasteiger partial charge in [0.1, 0.15) is 5.71 Å². The summed E-state index contributed by atoms with van der Waals surface area (Å²) in [5, 5.41) is 13.0. The Hall–Kier alpha value is -2.75. The molecule has 25 heavy (non-hydrogen) atoms. The predicted octanol–water partition coefficient (Wildman–Crippen LogP) is 3.75. The third kappa shape index (κ3) is 5.11. The molecular weight excluding hydrogens is 359 g/mol. The number of anilines is 1. The van der Waals surface area contributed by atoms with Crippen LogP contribution in [0, 0.1) is 6.92 Å². The average Bonchev–Trinajstić information content (AvgIpc) is 3.00. The lowest BCUT2D eigenvalue weighted by atomic mass is 10.0. The maximum atomic E-state index is 13.1. The first-order valence-electron chi connectivity index (χ1n) is 6.85. The maximum absolute atomic E-state index is 13.1. The fraction of sp³-hybridized carbons (Fsp3) is 0.200. The van der Waals surface area contributed by atoms with Crippen LogP contribution in [0.15, 0.2) is 34.7 Å². The molecule has 0 fully saturated rings. The Balaban J connectivity index is 2.16. The van der Waals surface area contributed by atoms with Crippen molar-refractivity contribution in [2.24, 2.45) is 5.10 Å². The van der Waals surface area contributed by atoms with Gasteiger partial charge in [0.15, 0.2) is 11.5 Å². The predicted molar refractivity (Wildman–Crippen MR) is 86.3 cm³/mol. The van der Waals surface area contributed by atoms with Gasteiger partial charge in [-0.1, -0.05) is 29.8 Å². The Morgan fingerprint density at radius 3 is 2.44 bits per heavy atom. The van der Waals surface area contributed by atoms with Crippen LogP contribution in [-0.4, -0.2) is 33.7 Å². The second-order valence-electron chi connectivity index (χ2n) is 4.98. The molecule has 6 nitrogen and oxygen atoms in total. The number of aromatic nitrogens is 1. The van der Waals surface area contributed by atoms with E-state index >= 15 is 0 Å². The molecule has 1 aromatic carbocycles. The number of carbonyl (C=O) groups is 2. The zero-order valence-electron chi connectivity index (χ0n) is 12.8. The van der Waals surface area contributed by atoms with E-state index in [1.165, 1.54) is 12.1 Å². The van der Waals surface area contributed by atoms with Gasteiger partial charge in [-0.15, -0.1) is 11.3 Å². The number of aromatic carboxylic acids is 1. The van der Waals surface area contributed by atoms with Crippen LogP contribution in [-0.2, 0) is 0 Å². The summed E-state index contributed by atoms with van der Waals surface area (Å²) in [5.41, 5.74) is 1.43. The Bertz CT molecular complexity index is 813. The summed E-state index contributed by atoms with van der Waals surface area (Å²) in [6.45, 7) is 1.79. The van der Waals surface area contributed by atoms with E-state index in [0.717, 1.165) is 22.3 Å². The number of halogens is 3. The van der Waals surface area contributed by atoms with E-state index in [9.17, 15) is 22.8 Å². The zero-order valence-corrected chi connectivity index (χ0v) is 13.6. The van der Waals surface area contributed by atoms with Crippen molar-refractivity contribution in [3.63, 3.8) is 0 Å². The van der Waals surface area contributed by atoms with E-state index in [0.29, 0.717) is 0 Å². The molecule has 2 rings (SSSR count). The maximum Gasteiger partial charge on any atom is 0.431 e. The molecule has 0 aliphatic rings. The number of nitrogens with zero attached hydrogens (tertiary/aromatic N) is 2. The van der Waals surface area contributed by atoms with Crippen LogP contribution in [0.1, 0.15) is 32.8 Å². The lowest BCUT2D eigenvalue weighted by molar-refractivity contribution is -0.0602. The third-order valence-electron chi connectivity index (χ3n) is 3.04. The lowest BCUT2D eigenvalue weighted by Gasteiger charge is -2.10. The van der Waals surface area contributed by atoms with Gasteiger partial charge < -0.3 is 5.11 Å². The number of aryl methyl sites for hydroxylation is 1. The van der Waals surface area contributed by atoms with Crippen LogP contribution < -0.4 is 5.43 Å². The monoisotopic (exact) mass is 371 g/mol. The molecule has 0 amide bonds. The van der Waals surface area contributed by atoms with Crippen molar-refractivity contribution in [1.82, 2.24) is 4.98 Å². The molecule has 132 valence electrons. The van der Waals surface area contributed by atoms with Crippen LogP contribution in [0.4, 0.5) is 18.3 Å². The average molecular weight is 371 g/mol. The van der Waals surface area contributed by atoms with Gasteiger partial charge in [0, 0.05) is 10.9 Å². The number of nitrogens with one attached hydrogen (secondary N) is 1. The van der Waals surface area contributed by atoms with Gasteiger partial charge in [-0.2, -0.15) is 18.3 Å². The second-order valence-corrected chi connectivity index (χ2v) is 5.84. The van der Waals surface area contributed by atoms with E-state index in [2.05, 4.69) is 15.5 Å². The van der Waals surface area contributed by atoms with Crippen LogP contribution in [0.2, 0.25) is 0 Å². The van der Waals surface area contributed by atoms with Gasteiger partial charge in [0.2, 0.25) is 5.13 Å². The molecule has 0 saturated carbocycles. The summed E-state index contributed by atoms with van der Waals surface area (Å²) in [6, 6.07) is 6.13. The summed E-state index contributed by atoms with van der Waals surface area (Å²) in [4.78, 5) is 26.3. The molecule has 0 unspecified atom stereocenters. The van der Waals surface area contributed by atoms with E-state index < -0.39 is 30.1 Å². The molecule has 0 spiro atoms. The largest absolute Gasteiger partial charge is 0.476 e. The van der Waals surface area contributed by atoms with Crippen LogP contribution in [0.5, 0.6) is 0 Å². The number of carboxylic acids is 1. The van der Waals surface area contributed by atoms with E-state index in [-0.39, 0.29) is 16.4 Å². The minimum atomic E-state index is -4.82. The number of Topliss-reactive ketones (excluding diaryl/α,β-unsaturated/α-hetero) is 1. The Kier molecular flexibility index (Phi) is 5.52. The summed E-state index contributed by atoms with van der Waals surface area (Å²) in [6.07, 6.45) is -5.77. The first-order chi connectivity index (χ1) is 11.7.